The van der Waals surface area contributed by atoms with E-state index >= 15 is 0 Å². The summed E-state index contributed by atoms with van der Waals surface area (Å²) < 4.78 is 3.19. The molecule has 0 spiro atoms. The number of imidazole rings is 1. The first-order valence-corrected chi connectivity index (χ1v) is 7.30. The number of aryl methyl sites for hydroxylation is 1. The fraction of sp³-hybridized carbons (Fsp3) is 0.333. The number of hydrogen-bond donors (Lipinski definition) is 0. The van der Waals surface area contributed by atoms with Crippen molar-refractivity contribution in [1.82, 2.24) is 9.55 Å². The molecule has 0 saturated heterocycles. The second-order valence-electron chi connectivity index (χ2n) is 4.88. The number of halogens is 1. The van der Waals surface area contributed by atoms with E-state index in [1.54, 1.807) is 0 Å². The predicted molar refractivity (Wildman–Crippen MR) is 76.8 cm³/mol. The van der Waals surface area contributed by atoms with Gasteiger partial charge in [0.15, 0.2) is 4.73 Å². The van der Waals surface area contributed by atoms with Crippen LogP contribution < -0.4 is 0 Å². The van der Waals surface area contributed by atoms with Gasteiger partial charge in [0.2, 0.25) is 0 Å². The number of aromatic nitrogens is 2. The highest BCUT2D eigenvalue weighted by Crippen LogP contribution is 2.32. The van der Waals surface area contributed by atoms with Crippen molar-refractivity contribution < 1.29 is 0 Å². The lowest BCUT2D eigenvalue weighted by Crippen LogP contribution is -2.11. The summed E-state index contributed by atoms with van der Waals surface area (Å²) in [4.78, 5) is 4.38. The maximum atomic E-state index is 8.88. The molecule has 0 fully saturated rings. The molecule has 0 radical (unpaired) electrons. The highest BCUT2D eigenvalue weighted by atomic mass is 79.9. The molecule has 0 aliphatic carbocycles. The Morgan fingerprint density at radius 1 is 1.26 bits per heavy atom. The molecule has 3 nitrogen and oxygen atoms in total. The number of fused-ring (bicyclic) bond motifs is 1. The summed E-state index contributed by atoms with van der Waals surface area (Å²) in [6, 6.07) is 10.4. The van der Waals surface area contributed by atoms with Crippen molar-refractivity contribution in [2.75, 3.05) is 0 Å². The van der Waals surface area contributed by atoms with Gasteiger partial charge in [0.1, 0.15) is 0 Å². The molecule has 4 heteroatoms. The molecule has 3 rings (SSSR count). The van der Waals surface area contributed by atoms with Crippen LogP contribution in [0.4, 0.5) is 0 Å². The Balaban J connectivity index is 2.03. The Bertz CT molecular complexity index is 622. The first-order chi connectivity index (χ1) is 9.29. The first kappa shape index (κ1) is 12.4. The van der Waals surface area contributed by atoms with Gasteiger partial charge < -0.3 is 4.57 Å². The summed E-state index contributed by atoms with van der Waals surface area (Å²) in [7, 11) is 0. The molecule has 0 bridgehead atoms. The monoisotopic (exact) mass is 315 g/mol. The molecular weight excluding hydrogens is 302 g/mol. The third-order valence-corrected chi connectivity index (χ3v) is 4.31. The van der Waals surface area contributed by atoms with E-state index in [4.69, 9.17) is 5.26 Å². The van der Waals surface area contributed by atoms with Gasteiger partial charge in [-0.05, 0) is 52.9 Å². The van der Waals surface area contributed by atoms with Crippen molar-refractivity contribution in [3.8, 4) is 6.07 Å². The summed E-state index contributed by atoms with van der Waals surface area (Å²) in [5, 5.41) is 8.88. The summed E-state index contributed by atoms with van der Waals surface area (Å²) in [5.41, 5.74) is 3.25. The highest BCUT2D eigenvalue weighted by Gasteiger charge is 2.22. The van der Waals surface area contributed by atoms with Crippen LogP contribution in [0.3, 0.4) is 0 Å². The Kier molecular flexibility index (Phi) is 3.39. The minimum atomic E-state index is 0.321. The van der Waals surface area contributed by atoms with Gasteiger partial charge in [-0.15, -0.1) is 0 Å². The molecule has 2 heterocycles. The first-order valence-electron chi connectivity index (χ1n) is 6.51. The molecule has 1 unspecified atom stereocenters. The summed E-state index contributed by atoms with van der Waals surface area (Å²) in [6.07, 6.45) is 6.61. The number of nitriles is 1. The molecule has 1 aromatic heterocycles. The van der Waals surface area contributed by atoms with Gasteiger partial charge in [-0.2, -0.15) is 5.26 Å². The largest absolute Gasteiger partial charge is 0.315 e. The van der Waals surface area contributed by atoms with Crippen molar-refractivity contribution in [2.24, 2.45) is 0 Å². The van der Waals surface area contributed by atoms with E-state index < -0.39 is 0 Å². The van der Waals surface area contributed by atoms with Crippen molar-refractivity contribution in [3.63, 3.8) is 0 Å². The maximum Gasteiger partial charge on any atom is 0.177 e. The second-order valence-corrected chi connectivity index (χ2v) is 5.59. The zero-order valence-corrected chi connectivity index (χ0v) is 12.1. The topological polar surface area (TPSA) is 41.6 Å². The van der Waals surface area contributed by atoms with Gasteiger partial charge in [-0.3, -0.25) is 0 Å². The highest BCUT2D eigenvalue weighted by molar-refractivity contribution is 9.10. The van der Waals surface area contributed by atoms with Crippen molar-refractivity contribution in [3.05, 3.63) is 52.0 Å². The van der Waals surface area contributed by atoms with E-state index in [0.717, 1.165) is 17.6 Å². The number of benzene rings is 1. The Hall–Kier alpha value is -1.60. The van der Waals surface area contributed by atoms with Crippen LogP contribution in [0.15, 0.2) is 35.2 Å². The quantitative estimate of drug-likeness (QED) is 0.802. The van der Waals surface area contributed by atoms with Gasteiger partial charge >= 0.3 is 0 Å². The van der Waals surface area contributed by atoms with Gasteiger partial charge in [-0.25, -0.2) is 4.98 Å². The van der Waals surface area contributed by atoms with Gasteiger partial charge in [0, 0.05) is 11.9 Å². The van der Waals surface area contributed by atoms with E-state index in [1.807, 2.05) is 18.3 Å². The zero-order valence-electron chi connectivity index (χ0n) is 10.5. The third kappa shape index (κ3) is 2.31. The summed E-state index contributed by atoms with van der Waals surface area (Å²) >= 11 is 3.55. The lowest BCUT2D eigenvalue weighted by atomic mass is 10.0. The zero-order chi connectivity index (χ0) is 13.2. The van der Waals surface area contributed by atoms with Crippen LogP contribution >= 0.6 is 15.9 Å². The normalized spacial score (nSPS) is 18.4. The van der Waals surface area contributed by atoms with Crippen LogP contribution in [0.2, 0.25) is 0 Å². The molecule has 0 amide bonds. The SMILES string of the molecule is N#Cc1ccc(C2CCCCc3cnc(Br)n32)cc1. The lowest BCUT2D eigenvalue weighted by Gasteiger charge is -2.20. The Morgan fingerprint density at radius 3 is 2.79 bits per heavy atom. The molecule has 1 aromatic carbocycles. The Labute approximate surface area is 121 Å². The van der Waals surface area contributed by atoms with E-state index in [9.17, 15) is 0 Å². The molecule has 96 valence electrons. The van der Waals surface area contributed by atoms with Gasteiger partial charge in [-0.1, -0.05) is 18.6 Å². The number of rotatable bonds is 1. The minimum Gasteiger partial charge on any atom is -0.315 e. The minimum absolute atomic E-state index is 0.321. The Morgan fingerprint density at radius 2 is 2.05 bits per heavy atom. The fourth-order valence-corrected chi connectivity index (χ4v) is 3.33. The predicted octanol–water partition coefficient (Wildman–Crippen LogP) is 3.83. The maximum absolute atomic E-state index is 8.88. The molecular formula is C15H14BrN3. The average Bonchev–Trinajstić information content (AvgIpc) is 2.69. The summed E-state index contributed by atoms with van der Waals surface area (Å²) in [5.74, 6) is 0. The van der Waals surface area contributed by atoms with Crippen LogP contribution in [-0.4, -0.2) is 9.55 Å². The van der Waals surface area contributed by atoms with E-state index in [2.05, 4.69) is 43.7 Å². The fourth-order valence-electron chi connectivity index (χ4n) is 2.75. The lowest BCUT2D eigenvalue weighted by molar-refractivity contribution is 0.527. The van der Waals surface area contributed by atoms with Crippen LogP contribution in [0.25, 0.3) is 0 Å². The van der Waals surface area contributed by atoms with E-state index in [1.165, 1.54) is 24.1 Å². The number of hydrogen-bond acceptors (Lipinski definition) is 2. The molecule has 1 aliphatic heterocycles. The standard InChI is InChI=1S/C15H14BrN3/c16-15-18-10-13-3-1-2-4-14(19(13)15)12-7-5-11(9-17)6-8-12/h5-8,10,14H,1-4H2. The van der Waals surface area contributed by atoms with Crippen LogP contribution in [0.5, 0.6) is 0 Å². The van der Waals surface area contributed by atoms with Gasteiger partial charge in [0.05, 0.1) is 17.7 Å². The van der Waals surface area contributed by atoms with Crippen molar-refractivity contribution >= 4 is 15.9 Å². The van der Waals surface area contributed by atoms with E-state index in [-0.39, 0.29) is 0 Å². The van der Waals surface area contributed by atoms with Gasteiger partial charge in [0.25, 0.3) is 0 Å². The summed E-state index contributed by atoms with van der Waals surface area (Å²) in [6.45, 7) is 0. The molecule has 1 atom stereocenters. The molecule has 2 aromatic rings. The van der Waals surface area contributed by atoms with Crippen molar-refractivity contribution in [1.29, 1.82) is 5.26 Å². The van der Waals surface area contributed by atoms with Crippen LogP contribution in [0.1, 0.15) is 42.1 Å². The second kappa shape index (κ2) is 5.18. The van der Waals surface area contributed by atoms with E-state index in [0.29, 0.717) is 11.6 Å². The smallest absolute Gasteiger partial charge is 0.177 e. The van der Waals surface area contributed by atoms with Crippen LogP contribution in [-0.2, 0) is 6.42 Å². The molecule has 0 N–H and O–H groups in total. The van der Waals surface area contributed by atoms with Crippen molar-refractivity contribution in [2.45, 2.75) is 31.7 Å². The number of nitrogens with zero attached hydrogens (tertiary/aromatic N) is 3. The molecule has 1 aliphatic rings. The molecule has 19 heavy (non-hydrogen) atoms. The third-order valence-electron chi connectivity index (χ3n) is 3.73. The molecule has 0 saturated carbocycles. The average molecular weight is 316 g/mol. The van der Waals surface area contributed by atoms with Crippen LogP contribution in [0, 0.1) is 11.3 Å².